The highest BCUT2D eigenvalue weighted by molar-refractivity contribution is 6.31. The van der Waals surface area contributed by atoms with E-state index in [2.05, 4.69) is 25.8 Å². The van der Waals surface area contributed by atoms with E-state index < -0.39 is 16.8 Å². The van der Waals surface area contributed by atoms with Gasteiger partial charge in [-0.2, -0.15) is 23.3 Å². The average molecular weight is 384 g/mol. The molecule has 0 atom stereocenters. The molecule has 0 bridgehead atoms. The molecule has 1 heterocycles. The summed E-state index contributed by atoms with van der Waals surface area (Å²) in [5, 5.41) is 12.5. The molecule has 26 heavy (non-hydrogen) atoms. The maximum Gasteiger partial charge on any atom is 0.417 e. The second-order valence-corrected chi connectivity index (χ2v) is 5.52. The molecule has 10 heteroatoms. The second kappa shape index (κ2) is 7.12. The first kappa shape index (κ1) is 17.9. The number of hydrogen-bond donors (Lipinski definition) is 2. The maximum atomic E-state index is 12.9. The van der Waals surface area contributed by atoms with Gasteiger partial charge in [-0.25, -0.2) is 4.39 Å². The van der Waals surface area contributed by atoms with Crippen LogP contribution in [0.4, 0.5) is 40.7 Å². The van der Waals surface area contributed by atoms with Crippen LogP contribution in [0, 0.1) is 5.82 Å². The standard InChI is InChI=1S/C16H10ClF4N5/c17-13-6-5-11(7-12(13)16(19,20)21)24-15-25-14(8-22-26-15)23-10-3-1-9(18)2-4-10/h1-8H,(H2,23,24,25,26). The van der Waals surface area contributed by atoms with E-state index in [-0.39, 0.29) is 23.3 Å². The first-order chi connectivity index (χ1) is 12.3. The Kier molecular flexibility index (Phi) is 4.90. The van der Waals surface area contributed by atoms with Crippen molar-refractivity contribution < 1.29 is 17.6 Å². The molecule has 1 aromatic heterocycles. The van der Waals surface area contributed by atoms with E-state index in [0.717, 1.165) is 12.1 Å². The van der Waals surface area contributed by atoms with E-state index in [0.29, 0.717) is 5.69 Å². The number of anilines is 4. The van der Waals surface area contributed by atoms with Crippen molar-refractivity contribution in [1.82, 2.24) is 15.2 Å². The summed E-state index contributed by atoms with van der Waals surface area (Å²) in [4.78, 5) is 4.10. The van der Waals surface area contributed by atoms with E-state index in [4.69, 9.17) is 11.6 Å². The van der Waals surface area contributed by atoms with Crippen LogP contribution >= 0.6 is 11.6 Å². The number of rotatable bonds is 4. The zero-order chi connectivity index (χ0) is 18.7. The summed E-state index contributed by atoms with van der Waals surface area (Å²) >= 11 is 5.58. The summed E-state index contributed by atoms with van der Waals surface area (Å²) in [6.45, 7) is 0. The second-order valence-electron chi connectivity index (χ2n) is 5.11. The van der Waals surface area contributed by atoms with Crippen LogP contribution in [0.25, 0.3) is 0 Å². The van der Waals surface area contributed by atoms with E-state index >= 15 is 0 Å². The van der Waals surface area contributed by atoms with Crippen LogP contribution in [0.5, 0.6) is 0 Å². The lowest BCUT2D eigenvalue weighted by Crippen LogP contribution is -2.07. The fourth-order valence-electron chi connectivity index (χ4n) is 2.05. The third kappa shape index (κ3) is 4.37. The lowest BCUT2D eigenvalue weighted by Gasteiger charge is -2.12. The quantitative estimate of drug-likeness (QED) is 0.608. The molecule has 0 amide bonds. The summed E-state index contributed by atoms with van der Waals surface area (Å²) < 4.78 is 51.6. The third-order valence-corrected chi connectivity index (χ3v) is 3.53. The molecule has 0 saturated carbocycles. The molecule has 3 aromatic rings. The van der Waals surface area contributed by atoms with Gasteiger partial charge in [-0.05, 0) is 42.5 Å². The zero-order valence-electron chi connectivity index (χ0n) is 12.9. The number of nitrogens with one attached hydrogen (secondary N) is 2. The van der Waals surface area contributed by atoms with Crippen LogP contribution in [0.2, 0.25) is 5.02 Å². The summed E-state index contributed by atoms with van der Waals surface area (Å²) in [5.41, 5.74) is -0.316. The van der Waals surface area contributed by atoms with Gasteiger partial charge >= 0.3 is 6.18 Å². The molecule has 0 saturated heterocycles. The van der Waals surface area contributed by atoms with Crippen molar-refractivity contribution in [2.24, 2.45) is 0 Å². The molecule has 0 aliphatic heterocycles. The van der Waals surface area contributed by atoms with Gasteiger partial charge < -0.3 is 10.6 Å². The van der Waals surface area contributed by atoms with Crippen molar-refractivity contribution in [3.8, 4) is 0 Å². The van der Waals surface area contributed by atoms with Gasteiger partial charge in [0.25, 0.3) is 0 Å². The monoisotopic (exact) mass is 383 g/mol. The van der Waals surface area contributed by atoms with E-state index in [1.54, 1.807) is 0 Å². The molecular weight excluding hydrogens is 374 g/mol. The van der Waals surface area contributed by atoms with Crippen molar-refractivity contribution in [2.75, 3.05) is 10.6 Å². The van der Waals surface area contributed by atoms with Gasteiger partial charge in [-0.3, -0.25) is 0 Å². The lowest BCUT2D eigenvalue weighted by molar-refractivity contribution is -0.137. The SMILES string of the molecule is Fc1ccc(Nc2cnnc(Nc3ccc(Cl)c(C(F)(F)F)c3)n2)cc1. The molecule has 2 N–H and O–H groups in total. The van der Waals surface area contributed by atoms with Crippen molar-refractivity contribution in [2.45, 2.75) is 6.18 Å². The topological polar surface area (TPSA) is 62.7 Å². The van der Waals surface area contributed by atoms with Crippen LogP contribution in [-0.4, -0.2) is 15.2 Å². The number of benzene rings is 2. The minimum absolute atomic E-state index is 0.0208. The third-order valence-electron chi connectivity index (χ3n) is 3.20. The molecule has 0 spiro atoms. The van der Waals surface area contributed by atoms with Gasteiger partial charge in [0.1, 0.15) is 5.82 Å². The fourth-order valence-corrected chi connectivity index (χ4v) is 2.27. The number of nitrogens with zero attached hydrogens (tertiary/aromatic N) is 3. The van der Waals surface area contributed by atoms with Gasteiger partial charge in [0.05, 0.1) is 16.8 Å². The Labute approximate surface area is 150 Å². The molecular formula is C16H10ClF4N5. The molecule has 0 radical (unpaired) electrons. The van der Waals surface area contributed by atoms with Crippen LogP contribution in [0.15, 0.2) is 48.7 Å². The Morgan fingerprint density at radius 1 is 0.923 bits per heavy atom. The van der Waals surface area contributed by atoms with Gasteiger partial charge in [0, 0.05) is 11.4 Å². The highest BCUT2D eigenvalue weighted by Crippen LogP contribution is 2.36. The molecule has 0 unspecified atom stereocenters. The first-order valence-corrected chi connectivity index (χ1v) is 7.55. The molecule has 2 aromatic carbocycles. The molecule has 3 rings (SSSR count). The Bertz CT molecular complexity index is 915. The van der Waals surface area contributed by atoms with Crippen molar-refractivity contribution in [3.05, 3.63) is 65.1 Å². The predicted molar refractivity (Wildman–Crippen MR) is 89.2 cm³/mol. The average Bonchev–Trinajstić information content (AvgIpc) is 2.58. The first-order valence-electron chi connectivity index (χ1n) is 7.17. The summed E-state index contributed by atoms with van der Waals surface area (Å²) in [6, 6.07) is 8.87. The van der Waals surface area contributed by atoms with Gasteiger partial charge in [0.2, 0.25) is 5.95 Å². The largest absolute Gasteiger partial charge is 0.417 e. The summed E-state index contributed by atoms with van der Waals surface area (Å²) in [6.07, 6.45) is -3.27. The maximum absolute atomic E-state index is 12.9. The van der Waals surface area contributed by atoms with Crippen molar-refractivity contribution in [3.63, 3.8) is 0 Å². The Morgan fingerprint density at radius 3 is 2.31 bits per heavy atom. The van der Waals surface area contributed by atoms with Crippen LogP contribution in [0.3, 0.4) is 0 Å². The van der Waals surface area contributed by atoms with Crippen LogP contribution in [-0.2, 0) is 6.18 Å². The van der Waals surface area contributed by atoms with Crippen molar-refractivity contribution >= 4 is 34.7 Å². The summed E-state index contributed by atoms with van der Waals surface area (Å²) in [7, 11) is 0. The summed E-state index contributed by atoms with van der Waals surface area (Å²) in [5.74, 6) is -0.131. The minimum Gasteiger partial charge on any atom is -0.339 e. The van der Waals surface area contributed by atoms with E-state index in [1.807, 2.05) is 0 Å². The number of hydrogen-bond acceptors (Lipinski definition) is 5. The molecule has 5 nitrogen and oxygen atoms in total. The molecule has 134 valence electrons. The zero-order valence-corrected chi connectivity index (χ0v) is 13.6. The van der Waals surface area contributed by atoms with Crippen LogP contribution < -0.4 is 10.6 Å². The molecule has 0 aliphatic rings. The highest BCUT2D eigenvalue weighted by Gasteiger charge is 2.33. The van der Waals surface area contributed by atoms with Gasteiger partial charge in [-0.15, -0.1) is 5.10 Å². The smallest absolute Gasteiger partial charge is 0.339 e. The van der Waals surface area contributed by atoms with Crippen molar-refractivity contribution in [1.29, 1.82) is 0 Å². The number of alkyl halides is 3. The predicted octanol–water partition coefficient (Wildman–Crippen LogP) is 5.17. The Hall–Kier alpha value is -2.94. The molecule has 0 aliphatic carbocycles. The lowest BCUT2D eigenvalue weighted by atomic mass is 10.2. The minimum atomic E-state index is -4.58. The fraction of sp³-hybridized carbons (Fsp3) is 0.0625. The highest BCUT2D eigenvalue weighted by atomic mass is 35.5. The van der Waals surface area contributed by atoms with Gasteiger partial charge in [-0.1, -0.05) is 11.6 Å². The number of halogens is 5. The Morgan fingerprint density at radius 2 is 1.62 bits per heavy atom. The van der Waals surface area contributed by atoms with Crippen LogP contribution in [0.1, 0.15) is 5.56 Å². The van der Waals surface area contributed by atoms with Gasteiger partial charge in [0.15, 0.2) is 5.82 Å². The van der Waals surface area contributed by atoms with E-state index in [1.165, 1.54) is 36.5 Å². The number of aromatic nitrogens is 3. The normalized spacial score (nSPS) is 11.3. The molecule has 0 fully saturated rings. The van der Waals surface area contributed by atoms with E-state index in [9.17, 15) is 17.6 Å². The Balaban J connectivity index is 1.80.